The minimum absolute atomic E-state index is 1.17. The fraction of sp³-hybridized carbons (Fsp3) is 0.214. The van der Waals surface area contributed by atoms with Crippen LogP contribution in [-0.4, -0.2) is 0 Å². The molecule has 2 heteroatoms. The van der Waals surface area contributed by atoms with Crippen LogP contribution in [0.25, 0.3) is 10.8 Å². The summed E-state index contributed by atoms with van der Waals surface area (Å²) in [5.41, 5.74) is 9.19. The Morgan fingerprint density at radius 3 is 1.90 bits per heavy atom. The Bertz CT molecular complexity index is 1200. The molecule has 0 N–H and O–H groups in total. The second-order valence-electron chi connectivity index (χ2n) is 8.44. The molecule has 0 unspecified atom stereocenters. The summed E-state index contributed by atoms with van der Waals surface area (Å²) in [6.07, 6.45) is 4.91. The van der Waals surface area contributed by atoms with E-state index < -0.39 is 0 Å². The van der Waals surface area contributed by atoms with Crippen molar-refractivity contribution in [3.63, 3.8) is 0 Å². The predicted octanol–water partition coefficient (Wildman–Crippen LogP) is 8.57. The van der Waals surface area contributed by atoms with Gasteiger partial charge in [0.05, 0.1) is 0 Å². The van der Waals surface area contributed by atoms with E-state index in [9.17, 15) is 0 Å². The lowest BCUT2D eigenvalue weighted by molar-refractivity contribution is 0.688. The van der Waals surface area contributed by atoms with Crippen LogP contribution in [0.2, 0.25) is 0 Å². The molecule has 4 aromatic rings. The average Bonchev–Trinajstić information content (AvgIpc) is 2.75. The maximum absolute atomic E-state index is 3.83. The highest BCUT2D eigenvalue weighted by Gasteiger charge is 2.18. The van der Waals surface area contributed by atoms with Gasteiger partial charge in [-0.25, -0.2) is 0 Å². The first-order valence-electron chi connectivity index (χ1n) is 10.8. The molecule has 0 radical (unpaired) electrons. The lowest BCUT2D eigenvalue weighted by atomic mass is 9.87. The van der Waals surface area contributed by atoms with Crippen LogP contribution >= 0.6 is 15.9 Å². The highest BCUT2D eigenvalue weighted by atomic mass is 79.9. The first-order valence-corrected chi connectivity index (χ1v) is 11.6. The van der Waals surface area contributed by atoms with Crippen molar-refractivity contribution in [2.45, 2.75) is 39.5 Å². The van der Waals surface area contributed by atoms with Gasteiger partial charge in [0.25, 0.3) is 0 Å². The highest BCUT2D eigenvalue weighted by molar-refractivity contribution is 9.10. The summed E-state index contributed by atoms with van der Waals surface area (Å²) in [6, 6.07) is 26.8. The van der Waals surface area contributed by atoms with E-state index in [1.165, 1.54) is 80.2 Å². The number of rotatable bonds is 3. The molecule has 1 aliphatic rings. The zero-order valence-electron chi connectivity index (χ0n) is 17.6. The van der Waals surface area contributed by atoms with Gasteiger partial charge >= 0.3 is 0 Å². The van der Waals surface area contributed by atoms with Crippen LogP contribution < -0.4 is 4.90 Å². The van der Waals surface area contributed by atoms with Crippen LogP contribution in [0.15, 0.2) is 77.3 Å². The van der Waals surface area contributed by atoms with Gasteiger partial charge in [-0.2, -0.15) is 0 Å². The Hall–Kier alpha value is -2.58. The molecule has 0 amide bonds. The fourth-order valence-electron chi connectivity index (χ4n) is 4.74. The van der Waals surface area contributed by atoms with Crippen LogP contribution in [0.3, 0.4) is 0 Å². The average molecular weight is 456 g/mol. The number of anilines is 3. The number of benzene rings is 4. The van der Waals surface area contributed by atoms with Gasteiger partial charge in [0.1, 0.15) is 0 Å². The van der Waals surface area contributed by atoms with E-state index in [0.29, 0.717) is 0 Å². The molecule has 0 atom stereocenters. The molecule has 0 spiro atoms. The van der Waals surface area contributed by atoms with Gasteiger partial charge in [0.2, 0.25) is 0 Å². The number of fused-ring (bicyclic) bond motifs is 3. The van der Waals surface area contributed by atoms with Crippen molar-refractivity contribution in [2.75, 3.05) is 4.90 Å². The van der Waals surface area contributed by atoms with Crippen LogP contribution in [0.1, 0.15) is 35.1 Å². The van der Waals surface area contributed by atoms with E-state index >= 15 is 0 Å². The SMILES string of the molecule is Cc1cccc(N(c2cccc(C)c2)c2ccc3cc(Br)c4c(c3c2)CCCC4)c1. The fourth-order valence-corrected chi connectivity index (χ4v) is 5.43. The lowest BCUT2D eigenvalue weighted by Gasteiger charge is -2.27. The van der Waals surface area contributed by atoms with Crippen LogP contribution in [0.4, 0.5) is 17.1 Å². The molecule has 1 nitrogen and oxygen atoms in total. The second-order valence-corrected chi connectivity index (χ2v) is 9.30. The minimum Gasteiger partial charge on any atom is -0.310 e. The summed E-state index contributed by atoms with van der Waals surface area (Å²) in [5, 5.41) is 2.72. The van der Waals surface area contributed by atoms with Gasteiger partial charge in [-0.1, -0.05) is 46.3 Å². The van der Waals surface area contributed by atoms with Gasteiger partial charge in [0, 0.05) is 21.5 Å². The molecule has 0 bridgehead atoms. The van der Waals surface area contributed by atoms with Crippen LogP contribution in [0.5, 0.6) is 0 Å². The standard InChI is InChI=1S/C28H26BrN/c1-19-7-5-9-22(15-19)30(23-10-6-8-20(2)16-23)24-14-13-21-17-28(29)26-12-4-3-11-25(26)27(21)18-24/h5-10,13-18H,3-4,11-12H2,1-2H3. The number of nitrogens with zero attached hydrogens (tertiary/aromatic N) is 1. The van der Waals surface area contributed by atoms with Crippen molar-refractivity contribution >= 4 is 43.8 Å². The van der Waals surface area contributed by atoms with Crippen LogP contribution in [-0.2, 0) is 12.8 Å². The molecule has 0 saturated carbocycles. The quantitative estimate of drug-likeness (QED) is 0.298. The Kier molecular flexibility index (Phi) is 5.12. The normalized spacial score (nSPS) is 13.3. The van der Waals surface area contributed by atoms with Crippen molar-refractivity contribution in [1.82, 2.24) is 0 Å². The van der Waals surface area contributed by atoms with Crippen molar-refractivity contribution in [3.8, 4) is 0 Å². The molecule has 150 valence electrons. The molecule has 0 aliphatic heterocycles. The van der Waals surface area contributed by atoms with E-state index in [2.05, 4.69) is 107 Å². The van der Waals surface area contributed by atoms with Gasteiger partial charge in [-0.05, 0) is 115 Å². The van der Waals surface area contributed by atoms with Crippen molar-refractivity contribution in [1.29, 1.82) is 0 Å². The van der Waals surface area contributed by atoms with E-state index in [-0.39, 0.29) is 0 Å². The summed E-state index contributed by atoms with van der Waals surface area (Å²) >= 11 is 3.83. The largest absolute Gasteiger partial charge is 0.310 e. The first kappa shape index (κ1) is 19.4. The highest BCUT2D eigenvalue weighted by Crippen LogP contribution is 2.40. The Balaban J connectivity index is 1.74. The third-order valence-corrected chi connectivity index (χ3v) is 6.89. The van der Waals surface area contributed by atoms with Gasteiger partial charge < -0.3 is 4.90 Å². The number of hydrogen-bond acceptors (Lipinski definition) is 1. The summed E-state index contributed by atoms with van der Waals surface area (Å²) in [4.78, 5) is 2.39. The second kappa shape index (κ2) is 7.92. The number of hydrogen-bond donors (Lipinski definition) is 0. The summed E-state index contributed by atoms with van der Waals surface area (Å²) < 4.78 is 1.27. The van der Waals surface area contributed by atoms with E-state index in [1.54, 1.807) is 0 Å². The summed E-state index contributed by atoms with van der Waals surface area (Å²) in [7, 11) is 0. The Morgan fingerprint density at radius 2 is 1.27 bits per heavy atom. The van der Waals surface area contributed by atoms with E-state index in [1.807, 2.05) is 0 Å². The van der Waals surface area contributed by atoms with Gasteiger partial charge in [-0.3, -0.25) is 0 Å². The van der Waals surface area contributed by atoms with E-state index in [4.69, 9.17) is 0 Å². The molecule has 0 heterocycles. The predicted molar refractivity (Wildman–Crippen MR) is 132 cm³/mol. The van der Waals surface area contributed by atoms with E-state index in [0.717, 1.165) is 0 Å². The van der Waals surface area contributed by atoms with Gasteiger partial charge in [0.15, 0.2) is 0 Å². The maximum atomic E-state index is 3.83. The lowest BCUT2D eigenvalue weighted by Crippen LogP contribution is -2.11. The zero-order valence-corrected chi connectivity index (χ0v) is 19.2. The molecule has 0 saturated heterocycles. The topological polar surface area (TPSA) is 3.24 Å². The molecular formula is C28H26BrN. The molecule has 4 aromatic carbocycles. The van der Waals surface area contributed by atoms with Crippen molar-refractivity contribution in [3.05, 3.63) is 99.5 Å². The molecule has 30 heavy (non-hydrogen) atoms. The third kappa shape index (κ3) is 3.54. The first-order chi connectivity index (χ1) is 14.6. The smallest absolute Gasteiger partial charge is 0.0468 e. The van der Waals surface area contributed by atoms with Gasteiger partial charge in [-0.15, -0.1) is 0 Å². The van der Waals surface area contributed by atoms with Crippen molar-refractivity contribution < 1.29 is 0 Å². The molecular weight excluding hydrogens is 430 g/mol. The monoisotopic (exact) mass is 455 g/mol. The summed E-state index contributed by atoms with van der Waals surface area (Å²) in [6.45, 7) is 4.32. The Morgan fingerprint density at radius 1 is 0.667 bits per heavy atom. The zero-order chi connectivity index (χ0) is 20.7. The molecule has 0 aromatic heterocycles. The Labute approximate surface area is 187 Å². The minimum atomic E-state index is 1.17. The van der Waals surface area contributed by atoms with Crippen LogP contribution in [0, 0.1) is 13.8 Å². The third-order valence-electron chi connectivity index (χ3n) is 6.18. The van der Waals surface area contributed by atoms with Crippen molar-refractivity contribution in [2.24, 2.45) is 0 Å². The number of halogens is 1. The summed E-state index contributed by atoms with van der Waals surface area (Å²) in [5.74, 6) is 0. The molecule has 5 rings (SSSR count). The molecule has 1 aliphatic carbocycles. The molecule has 0 fully saturated rings. The number of aryl methyl sites for hydroxylation is 3. The maximum Gasteiger partial charge on any atom is 0.0468 e.